The maximum Gasteiger partial charge on any atom is 0.339 e. The van der Waals surface area contributed by atoms with E-state index in [1.165, 1.54) is 18.2 Å². The second kappa shape index (κ2) is 5.56. The highest BCUT2D eigenvalue weighted by Gasteiger charge is 2.14. The van der Waals surface area contributed by atoms with Gasteiger partial charge in [0.05, 0.1) is 5.69 Å². The van der Waals surface area contributed by atoms with E-state index in [1.54, 1.807) is 0 Å². The van der Waals surface area contributed by atoms with Crippen molar-refractivity contribution < 1.29 is 19.8 Å². The second-order valence-corrected chi connectivity index (χ2v) is 3.26. The Morgan fingerprint density at radius 1 is 1.41 bits per heavy atom. The zero-order chi connectivity index (χ0) is 12.8. The van der Waals surface area contributed by atoms with Crippen LogP contribution in [-0.4, -0.2) is 22.1 Å². The molecule has 0 saturated carbocycles. The van der Waals surface area contributed by atoms with E-state index in [2.05, 4.69) is 11.2 Å². The van der Waals surface area contributed by atoms with Gasteiger partial charge < -0.3 is 15.5 Å². The van der Waals surface area contributed by atoms with Crippen molar-refractivity contribution in [3.05, 3.63) is 23.8 Å². The van der Waals surface area contributed by atoms with E-state index >= 15 is 0 Å². The van der Waals surface area contributed by atoms with Gasteiger partial charge in [0.25, 0.3) is 0 Å². The molecule has 0 atom stereocenters. The highest BCUT2D eigenvalue weighted by Crippen LogP contribution is 2.27. The average Bonchev–Trinajstić information content (AvgIpc) is 2.28. The fourth-order valence-corrected chi connectivity index (χ4v) is 1.22. The molecule has 1 rings (SSSR count). The SMILES string of the molecule is C#CCCC(=O)Nc1cccc(C(=O)O)c1O. The lowest BCUT2D eigenvalue weighted by Crippen LogP contribution is -2.11. The van der Waals surface area contributed by atoms with Crippen LogP contribution in [0.3, 0.4) is 0 Å². The first-order valence-corrected chi connectivity index (χ1v) is 4.85. The van der Waals surface area contributed by atoms with Crippen LogP contribution < -0.4 is 5.32 Å². The zero-order valence-electron chi connectivity index (χ0n) is 8.93. The number of carbonyl (C=O) groups is 2. The molecular weight excluding hydrogens is 222 g/mol. The van der Waals surface area contributed by atoms with Crippen molar-refractivity contribution in [3.8, 4) is 18.1 Å². The van der Waals surface area contributed by atoms with Gasteiger partial charge in [-0.25, -0.2) is 4.79 Å². The van der Waals surface area contributed by atoms with Gasteiger partial charge in [0, 0.05) is 12.8 Å². The molecule has 0 unspecified atom stereocenters. The number of hydrogen-bond acceptors (Lipinski definition) is 3. The second-order valence-electron chi connectivity index (χ2n) is 3.26. The van der Waals surface area contributed by atoms with Crippen LogP contribution in [0.2, 0.25) is 0 Å². The van der Waals surface area contributed by atoms with Crippen molar-refractivity contribution >= 4 is 17.6 Å². The van der Waals surface area contributed by atoms with Crippen LogP contribution in [0.1, 0.15) is 23.2 Å². The van der Waals surface area contributed by atoms with Gasteiger partial charge in [-0.3, -0.25) is 4.79 Å². The van der Waals surface area contributed by atoms with Crippen LogP contribution in [-0.2, 0) is 4.79 Å². The van der Waals surface area contributed by atoms with Crippen molar-refractivity contribution in [2.24, 2.45) is 0 Å². The Hall–Kier alpha value is -2.48. The van der Waals surface area contributed by atoms with E-state index in [1.807, 2.05) is 0 Å². The molecular formula is C12H11NO4. The molecule has 3 N–H and O–H groups in total. The minimum atomic E-state index is -1.26. The standard InChI is InChI=1S/C12H11NO4/c1-2-3-7-10(14)13-9-6-4-5-8(11(9)15)12(16)17/h1,4-6,15H,3,7H2,(H,13,14)(H,16,17). The largest absolute Gasteiger partial charge is 0.505 e. The van der Waals surface area contributed by atoms with Crippen molar-refractivity contribution in [3.63, 3.8) is 0 Å². The average molecular weight is 233 g/mol. The topological polar surface area (TPSA) is 86.6 Å². The highest BCUT2D eigenvalue weighted by molar-refractivity contribution is 5.97. The van der Waals surface area contributed by atoms with Crippen LogP contribution >= 0.6 is 0 Å². The smallest absolute Gasteiger partial charge is 0.339 e. The Kier molecular flexibility index (Phi) is 4.12. The number of nitrogens with one attached hydrogen (secondary N) is 1. The van der Waals surface area contributed by atoms with Crippen molar-refractivity contribution in [1.82, 2.24) is 0 Å². The van der Waals surface area contributed by atoms with Gasteiger partial charge in [-0.2, -0.15) is 0 Å². The van der Waals surface area contributed by atoms with Gasteiger partial charge >= 0.3 is 5.97 Å². The number of benzene rings is 1. The fourth-order valence-electron chi connectivity index (χ4n) is 1.22. The van der Waals surface area contributed by atoms with E-state index in [-0.39, 0.29) is 30.0 Å². The lowest BCUT2D eigenvalue weighted by molar-refractivity contribution is -0.116. The van der Waals surface area contributed by atoms with E-state index < -0.39 is 11.7 Å². The van der Waals surface area contributed by atoms with Crippen LogP contribution in [0.25, 0.3) is 0 Å². The molecule has 0 heterocycles. The first-order valence-electron chi connectivity index (χ1n) is 4.85. The normalized spacial score (nSPS) is 9.35. The summed E-state index contributed by atoms with van der Waals surface area (Å²) >= 11 is 0. The number of hydrogen-bond donors (Lipinski definition) is 3. The van der Waals surface area contributed by atoms with Crippen LogP contribution in [0.4, 0.5) is 5.69 Å². The van der Waals surface area contributed by atoms with Gasteiger partial charge in [-0.15, -0.1) is 12.3 Å². The van der Waals surface area contributed by atoms with Gasteiger partial charge in [0.15, 0.2) is 5.75 Å². The Balaban J connectivity index is 2.86. The molecule has 1 amide bonds. The third-order valence-electron chi connectivity index (χ3n) is 2.04. The van der Waals surface area contributed by atoms with Crippen LogP contribution in [0.15, 0.2) is 18.2 Å². The number of phenols is 1. The van der Waals surface area contributed by atoms with Gasteiger partial charge in [-0.05, 0) is 12.1 Å². The third-order valence-corrected chi connectivity index (χ3v) is 2.04. The summed E-state index contributed by atoms with van der Waals surface area (Å²) in [5.74, 6) is 0.211. The summed E-state index contributed by atoms with van der Waals surface area (Å²) in [7, 11) is 0. The molecule has 0 spiro atoms. The number of para-hydroxylation sites is 1. The molecule has 5 nitrogen and oxygen atoms in total. The molecule has 1 aromatic carbocycles. The molecule has 17 heavy (non-hydrogen) atoms. The quantitative estimate of drug-likeness (QED) is 0.542. The van der Waals surface area contributed by atoms with E-state index in [9.17, 15) is 14.7 Å². The number of carbonyl (C=O) groups excluding carboxylic acids is 1. The fraction of sp³-hybridized carbons (Fsp3) is 0.167. The summed E-state index contributed by atoms with van der Waals surface area (Å²) in [6, 6.07) is 4.09. The number of anilines is 1. The molecule has 0 saturated heterocycles. The van der Waals surface area contributed by atoms with Crippen molar-refractivity contribution in [1.29, 1.82) is 0 Å². The predicted molar refractivity (Wildman–Crippen MR) is 61.8 cm³/mol. The third kappa shape index (κ3) is 3.24. The molecule has 0 aliphatic carbocycles. The number of amides is 1. The molecule has 88 valence electrons. The van der Waals surface area contributed by atoms with E-state index in [0.717, 1.165) is 0 Å². The predicted octanol–water partition coefficient (Wildman–Crippen LogP) is 1.44. The van der Waals surface area contributed by atoms with Gasteiger partial charge in [0.1, 0.15) is 5.56 Å². The lowest BCUT2D eigenvalue weighted by atomic mass is 10.1. The Morgan fingerprint density at radius 3 is 2.71 bits per heavy atom. The number of carboxylic acid groups (broad SMARTS) is 1. The summed E-state index contributed by atoms with van der Waals surface area (Å²) in [6.07, 6.45) is 5.41. The lowest BCUT2D eigenvalue weighted by Gasteiger charge is -2.08. The molecule has 0 fully saturated rings. The molecule has 0 aliphatic heterocycles. The maximum absolute atomic E-state index is 11.3. The van der Waals surface area contributed by atoms with Crippen molar-refractivity contribution in [2.75, 3.05) is 5.32 Å². The molecule has 0 aromatic heterocycles. The first-order chi connectivity index (χ1) is 8.06. The Labute approximate surface area is 98.1 Å². The molecule has 0 aliphatic rings. The summed E-state index contributed by atoms with van der Waals surface area (Å²) in [4.78, 5) is 22.1. The minimum Gasteiger partial charge on any atom is -0.505 e. The number of aromatic carboxylic acids is 1. The van der Waals surface area contributed by atoms with Crippen LogP contribution in [0, 0.1) is 12.3 Å². The van der Waals surface area contributed by atoms with Gasteiger partial charge in [-0.1, -0.05) is 6.07 Å². The zero-order valence-corrected chi connectivity index (χ0v) is 8.93. The summed E-state index contributed by atoms with van der Waals surface area (Å²) in [6.45, 7) is 0. The summed E-state index contributed by atoms with van der Waals surface area (Å²) in [5.41, 5.74) is -0.202. The number of terminal acetylenes is 1. The molecule has 0 bridgehead atoms. The maximum atomic E-state index is 11.3. The minimum absolute atomic E-state index is 0.0620. The Bertz CT molecular complexity index is 488. The summed E-state index contributed by atoms with van der Waals surface area (Å²) in [5, 5.41) is 20.8. The molecule has 5 heteroatoms. The van der Waals surface area contributed by atoms with Gasteiger partial charge in [0.2, 0.25) is 5.91 Å². The number of rotatable bonds is 4. The number of aromatic hydroxyl groups is 1. The molecule has 1 aromatic rings. The van der Waals surface area contributed by atoms with E-state index in [4.69, 9.17) is 11.5 Å². The molecule has 0 radical (unpaired) electrons. The monoisotopic (exact) mass is 233 g/mol. The highest BCUT2D eigenvalue weighted by atomic mass is 16.4. The summed E-state index contributed by atoms with van der Waals surface area (Å²) < 4.78 is 0. The first kappa shape index (κ1) is 12.6. The number of carboxylic acids is 1. The van der Waals surface area contributed by atoms with Crippen molar-refractivity contribution in [2.45, 2.75) is 12.8 Å². The van der Waals surface area contributed by atoms with E-state index in [0.29, 0.717) is 0 Å². The van der Waals surface area contributed by atoms with Crippen LogP contribution in [0.5, 0.6) is 5.75 Å². The Morgan fingerprint density at radius 2 is 2.12 bits per heavy atom.